The lowest BCUT2D eigenvalue weighted by Crippen LogP contribution is -2.60. The van der Waals surface area contributed by atoms with Crippen LogP contribution >= 0.6 is 0 Å². The molecule has 0 radical (unpaired) electrons. The van der Waals surface area contributed by atoms with Crippen LogP contribution in [0.15, 0.2) is 42.5 Å². The van der Waals surface area contributed by atoms with E-state index >= 15 is 0 Å². The fraction of sp³-hybridized carbons (Fsp3) is 0.375. The Morgan fingerprint density at radius 3 is 2.36 bits per heavy atom. The molecule has 2 aromatic carbocycles. The van der Waals surface area contributed by atoms with Crippen molar-refractivity contribution in [1.82, 2.24) is 0 Å². The summed E-state index contributed by atoms with van der Waals surface area (Å²) in [6.07, 6.45) is -6.40. The third kappa shape index (κ3) is 2.79. The molecular weight excluding hydrogens is 288 g/mol. The van der Waals surface area contributed by atoms with Gasteiger partial charge in [-0.3, -0.25) is 0 Å². The SMILES string of the molecule is OCC1O[C@@H](Oc2ccc3ccccc3c2)C(O)[C@H](O)[C@H]1O. The first-order valence-electron chi connectivity index (χ1n) is 7.06. The van der Waals surface area contributed by atoms with Gasteiger partial charge in [0.2, 0.25) is 6.29 Å². The van der Waals surface area contributed by atoms with Gasteiger partial charge in [0.15, 0.2) is 0 Å². The van der Waals surface area contributed by atoms with Crippen molar-refractivity contribution in [1.29, 1.82) is 0 Å². The summed E-state index contributed by atoms with van der Waals surface area (Å²) < 4.78 is 10.9. The van der Waals surface area contributed by atoms with Crippen LogP contribution < -0.4 is 4.74 Å². The highest BCUT2D eigenvalue weighted by atomic mass is 16.7. The van der Waals surface area contributed by atoms with Gasteiger partial charge >= 0.3 is 0 Å². The molecule has 2 unspecified atom stereocenters. The number of hydrogen-bond acceptors (Lipinski definition) is 6. The van der Waals surface area contributed by atoms with E-state index in [9.17, 15) is 15.3 Å². The van der Waals surface area contributed by atoms with Crippen LogP contribution in [0.1, 0.15) is 0 Å². The van der Waals surface area contributed by atoms with Crippen molar-refractivity contribution < 1.29 is 29.9 Å². The number of benzene rings is 2. The van der Waals surface area contributed by atoms with Crippen molar-refractivity contribution in [2.75, 3.05) is 6.61 Å². The Balaban J connectivity index is 1.80. The molecule has 1 heterocycles. The van der Waals surface area contributed by atoms with Crippen LogP contribution in [0.5, 0.6) is 5.75 Å². The summed E-state index contributed by atoms with van der Waals surface area (Å²) in [4.78, 5) is 0. The first kappa shape index (κ1) is 15.2. The Morgan fingerprint density at radius 1 is 0.909 bits per heavy atom. The lowest BCUT2D eigenvalue weighted by molar-refractivity contribution is -0.277. The van der Waals surface area contributed by atoms with Crippen LogP contribution in [-0.4, -0.2) is 57.7 Å². The summed E-state index contributed by atoms with van der Waals surface area (Å²) in [6.45, 7) is -0.484. The number of rotatable bonds is 3. The molecule has 0 spiro atoms. The monoisotopic (exact) mass is 306 g/mol. The molecule has 118 valence electrons. The van der Waals surface area contributed by atoms with E-state index in [0.717, 1.165) is 10.8 Å². The van der Waals surface area contributed by atoms with Crippen LogP contribution in [-0.2, 0) is 4.74 Å². The van der Waals surface area contributed by atoms with Crippen LogP contribution in [0.2, 0.25) is 0 Å². The van der Waals surface area contributed by atoms with E-state index in [1.165, 1.54) is 0 Å². The molecule has 0 bridgehead atoms. The topological polar surface area (TPSA) is 99.4 Å². The minimum absolute atomic E-state index is 0.461. The minimum Gasteiger partial charge on any atom is -0.462 e. The summed E-state index contributed by atoms with van der Waals surface area (Å²) in [7, 11) is 0. The average Bonchev–Trinajstić information content (AvgIpc) is 2.55. The van der Waals surface area contributed by atoms with E-state index in [2.05, 4.69) is 0 Å². The zero-order valence-corrected chi connectivity index (χ0v) is 11.7. The predicted octanol–water partition coefficient (Wildman–Crippen LogP) is 0.0185. The molecule has 6 nitrogen and oxygen atoms in total. The maximum Gasteiger partial charge on any atom is 0.229 e. The number of aliphatic hydroxyl groups is 4. The summed E-state index contributed by atoms with van der Waals surface area (Å²) in [5.41, 5.74) is 0. The summed E-state index contributed by atoms with van der Waals surface area (Å²) in [6, 6.07) is 13.1. The Hall–Kier alpha value is -1.70. The van der Waals surface area contributed by atoms with E-state index < -0.39 is 37.3 Å². The average molecular weight is 306 g/mol. The standard InChI is InChI=1S/C16H18O6/c17-8-12-13(18)14(19)15(20)16(22-12)21-11-6-5-9-3-1-2-4-10(9)7-11/h1-7,12-20H,8H2/t12?,13-,14+,15?,16+/m0/s1. The molecule has 0 aromatic heterocycles. The first-order chi connectivity index (χ1) is 10.6. The van der Waals surface area contributed by atoms with Gasteiger partial charge in [-0.1, -0.05) is 30.3 Å². The van der Waals surface area contributed by atoms with Crippen molar-refractivity contribution in [2.24, 2.45) is 0 Å². The Morgan fingerprint density at radius 2 is 1.64 bits per heavy atom. The van der Waals surface area contributed by atoms with E-state index in [0.29, 0.717) is 5.75 Å². The second-order valence-electron chi connectivity index (χ2n) is 5.32. The zero-order chi connectivity index (χ0) is 15.7. The van der Waals surface area contributed by atoms with E-state index in [-0.39, 0.29) is 0 Å². The van der Waals surface area contributed by atoms with Crippen LogP contribution in [0, 0.1) is 0 Å². The molecule has 0 saturated carbocycles. The molecule has 5 atom stereocenters. The molecule has 0 amide bonds. The van der Waals surface area contributed by atoms with Crippen molar-refractivity contribution in [3.63, 3.8) is 0 Å². The molecule has 1 fully saturated rings. The number of hydrogen-bond donors (Lipinski definition) is 4. The van der Waals surface area contributed by atoms with E-state index in [1.807, 2.05) is 30.3 Å². The molecule has 4 N–H and O–H groups in total. The van der Waals surface area contributed by atoms with Crippen LogP contribution in [0.4, 0.5) is 0 Å². The largest absolute Gasteiger partial charge is 0.462 e. The maximum absolute atomic E-state index is 9.95. The number of aliphatic hydroxyl groups excluding tert-OH is 4. The summed E-state index contributed by atoms with van der Waals surface area (Å²) in [5, 5.41) is 40.6. The van der Waals surface area contributed by atoms with Gasteiger partial charge in [0.05, 0.1) is 6.61 Å². The molecule has 2 aromatic rings. The molecular formula is C16H18O6. The molecule has 3 rings (SSSR count). The molecule has 1 saturated heterocycles. The van der Waals surface area contributed by atoms with Crippen LogP contribution in [0.25, 0.3) is 10.8 Å². The lowest BCUT2D eigenvalue weighted by atomic mass is 9.99. The molecule has 6 heteroatoms. The summed E-state index contributed by atoms with van der Waals surface area (Å²) in [5.74, 6) is 0.461. The predicted molar refractivity (Wildman–Crippen MR) is 78.3 cm³/mol. The molecule has 0 aliphatic carbocycles. The Bertz CT molecular complexity index is 643. The van der Waals surface area contributed by atoms with Gasteiger partial charge in [-0.05, 0) is 22.9 Å². The number of fused-ring (bicyclic) bond motifs is 1. The highest BCUT2D eigenvalue weighted by Gasteiger charge is 2.44. The van der Waals surface area contributed by atoms with Crippen molar-refractivity contribution >= 4 is 10.8 Å². The maximum atomic E-state index is 9.95. The van der Waals surface area contributed by atoms with Gasteiger partial charge < -0.3 is 29.9 Å². The van der Waals surface area contributed by atoms with Crippen molar-refractivity contribution in [2.45, 2.75) is 30.7 Å². The van der Waals surface area contributed by atoms with E-state index in [4.69, 9.17) is 14.6 Å². The fourth-order valence-corrected chi connectivity index (χ4v) is 2.54. The van der Waals surface area contributed by atoms with Crippen LogP contribution in [0.3, 0.4) is 0 Å². The second-order valence-corrected chi connectivity index (χ2v) is 5.32. The fourth-order valence-electron chi connectivity index (χ4n) is 2.54. The van der Waals surface area contributed by atoms with Crippen molar-refractivity contribution in [3.05, 3.63) is 42.5 Å². The van der Waals surface area contributed by atoms with Gasteiger partial charge in [-0.2, -0.15) is 0 Å². The molecule has 1 aliphatic heterocycles. The number of ether oxygens (including phenoxy) is 2. The zero-order valence-electron chi connectivity index (χ0n) is 11.7. The normalized spacial score (nSPS) is 32.1. The van der Waals surface area contributed by atoms with Gasteiger partial charge in [-0.25, -0.2) is 0 Å². The first-order valence-corrected chi connectivity index (χ1v) is 7.06. The van der Waals surface area contributed by atoms with Crippen molar-refractivity contribution in [3.8, 4) is 5.75 Å². The molecule has 1 aliphatic rings. The highest BCUT2D eigenvalue weighted by molar-refractivity contribution is 5.83. The third-order valence-electron chi connectivity index (χ3n) is 3.82. The van der Waals surface area contributed by atoms with Gasteiger partial charge in [0, 0.05) is 0 Å². The quantitative estimate of drug-likeness (QED) is 0.638. The second kappa shape index (κ2) is 6.20. The lowest BCUT2D eigenvalue weighted by Gasteiger charge is -2.39. The van der Waals surface area contributed by atoms with Gasteiger partial charge in [0.25, 0.3) is 0 Å². The third-order valence-corrected chi connectivity index (χ3v) is 3.82. The summed E-state index contributed by atoms with van der Waals surface area (Å²) >= 11 is 0. The Labute approximate surface area is 127 Å². The Kier molecular flexibility index (Phi) is 4.28. The van der Waals surface area contributed by atoms with Gasteiger partial charge in [-0.15, -0.1) is 0 Å². The molecule has 22 heavy (non-hydrogen) atoms. The van der Waals surface area contributed by atoms with E-state index in [1.54, 1.807) is 12.1 Å². The smallest absolute Gasteiger partial charge is 0.229 e. The highest BCUT2D eigenvalue weighted by Crippen LogP contribution is 2.26. The minimum atomic E-state index is -1.45. The van der Waals surface area contributed by atoms with Gasteiger partial charge in [0.1, 0.15) is 30.2 Å².